The molecule has 0 N–H and O–H groups in total. The van der Waals surface area contributed by atoms with Crippen LogP contribution in [0.2, 0.25) is 0 Å². The fourth-order valence-electron chi connectivity index (χ4n) is 2.25. The number of alkyl halides is 3. The normalized spacial score (nSPS) is 26.2. The maximum absolute atomic E-state index is 12.5. The van der Waals surface area contributed by atoms with Crippen LogP contribution in [0.5, 0.6) is 0 Å². The molecule has 0 saturated heterocycles. The van der Waals surface area contributed by atoms with Crippen molar-refractivity contribution in [3.05, 3.63) is 15.3 Å². The highest BCUT2D eigenvalue weighted by Gasteiger charge is 2.41. The van der Waals surface area contributed by atoms with Crippen LogP contribution < -0.4 is 0 Å². The number of hydrogen-bond acceptors (Lipinski definition) is 1. The molecule has 1 aromatic rings. The maximum Gasteiger partial charge on any atom is 0.391 e. The third kappa shape index (κ3) is 3.05. The molecule has 1 aliphatic rings. The molecule has 0 aromatic carbocycles. The van der Waals surface area contributed by atoms with Gasteiger partial charge < -0.3 is 0 Å². The molecule has 0 radical (unpaired) electrons. The number of nitrogens with zero attached hydrogens (tertiary/aromatic N) is 2. The van der Waals surface area contributed by atoms with Crippen LogP contribution in [0, 0.1) is 5.92 Å². The highest BCUT2D eigenvalue weighted by atomic mass is 79.9. The Balaban J connectivity index is 2.02. The van der Waals surface area contributed by atoms with Gasteiger partial charge in [-0.15, -0.1) is 0 Å². The van der Waals surface area contributed by atoms with E-state index in [9.17, 15) is 13.2 Å². The average Bonchev–Trinajstić information content (AvgIpc) is 2.57. The fraction of sp³-hybridized carbons (Fsp3) is 0.700. The van der Waals surface area contributed by atoms with Gasteiger partial charge in [0.15, 0.2) is 0 Å². The van der Waals surface area contributed by atoms with Crippen LogP contribution in [0.1, 0.15) is 31.7 Å². The lowest BCUT2D eigenvalue weighted by Crippen LogP contribution is -2.29. The summed E-state index contributed by atoms with van der Waals surface area (Å²) >= 11 is 6.61. The summed E-state index contributed by atoms with van der Waals surface area (Å²) in [6.07, 6.45) is -2.61. The zero-order valence-electron chi connectivity index (χ0n) is 8.84. The van der Waals surface area contributed by atoms with E-state index in [-0.39, 0.29) is 18.9 Å². The van der Waals surface area contributed by atoms with Crippen molar-refractivity contribution >= 4 is 31.9 Å². The Hall–Kier alpha value is -0.0400. The standard InChI is InChI=1S/C10H11Br2F3N2/c11-8-5-9(12)17(16-8)7-3-1-6(2-4-7)10(13,14)15/h5-7H,1-4H2. The van der Waals surface area contributed by atoms with Crippen molar-refractivity contribution in [3.63, 3.8) is 0 Å². The second kappa shape index (κ2) is 4.91. The molecule has 0 atom stereocenters. The quantitative estimate of drug-likeness (QED) is 0.695. The molecule has 0 spiro atoms. The number of halogens is 5. The molecule has 2 rings (SSSR count). The molecule has 1 saturated carbocycles. The zero-order chi connectivity index (χ0) is 12.6. The summed E-state index contributed by atoms with van der Waals surface area (Å²) in [4.78, 5) is 0. The fourth-order valence-corrected chi connectivity index (χ4v) is 3.53. The van der Waals surface area contributed by atoms with E-state index in [0.29, 0.717) is 17.4 Å². The molecule has 7 heteroatoms. The van der Waals surface area contributed by atoms with Crippen LogP contribution in [0.25, 0.3) is 0 Å². The maximum atomic E-state index is 12.5. The Bertz CT molecular complexity index is 395. The van der Waals surface area contributed by atoms with E-state index < -0.39 is 12.1 Å². The summed E-state index contributed by atoms with van der Waals surface area (Å²) in [5.41, 5.74) is 0. The minimum Gasteiger partial charge on any atom is -0.254 e. The third-order valence-corrected chi connectivity index (χ3v) is 4.15. The van der Waals surface area contributed by atoms with Gasteiger partial charge in [-0.05, 0) is 57.5 Å². The molecule has 1 aliphatic carbocycles. The summed E-state index contributed by atoms with van der Waals surface area (Å²) in [6, 6.07) is 1.87. The Labute approximate surface area is 114 Å². The van der Waals surface area contributed by atoms with Crippen molar-refractivity contribution in [2.24, 2.45) is 5.92 Å². The predicted octanol–water partition coefficient (Wildman–Crippen LogP) is 4.70. The highest BCUT2D eigenvalue weighted by Crippen LogP contribution is 2.41. The average molecular weight is 376 g/mol. The minimum absolute atomic E-state index is 0.0641. The van der Waals surface area contributed by atoms with Gasteiger partial charge in [-0.1, -0.05) is 0 Å². The topological polar surface area (TPSA) is 17.8 Å². The molecule has 1 heterocycles. The van der Waals surface area contributed by atoms with Crippen LogP contribution in [-0.2, 0) is 0 Å². The number of rotatable bonds is 1. The van der Waals surface area contributed by atoms with E-state index >= 15 is 0 Å². The van der Waals surface area contributed by atoms with Crippen molar-refractivity contribution in [1.82, 2.24) is 9.78 Å². The first-order chi connectivity index (χ1) is 7.88. The van der Waals surface area contributed by atoms with Gasteiger partial charge in [-0.25, -0.2) is 0 Å². The van der Waals surface area contributed by atoms with Gasteiger partial charge in [0, 0.05) is 6.07 Å². The molecular weight excluding hydrogens is 365 g/mol. The van der Waals surface area contributed by atoms with Crippen LogP contribution in [0.15, 0.2) is 15.3 Å². The zero-order valence-corrected chi connectivity index (χ0v) is 12.0. The van der Waals surface area contributed by atoms with Gasteiger partial charge in [0.25, 0.3) is 0 Å². The second-order valence-electron chi connectivity index (χ2n) is 4.28. The van der Waals surface area contributed by atoms with Crippen LogP contribution in [0.4, 0.5) is 13.2 Å². The first kappa shape index (κ1) is 13.4. The summed E-state index contributed by atoms with van der Waals surface area (Å²) in [7, 11) is 0. The first-order valence-corrected chi connectivity index (χ1v) is 6.94. The molecule has 17 heavy (non-hydrogen) atoms. The third-order valence-electron chi connectivity index (χ3n) is 3.17. The van der Waals surface area contributed by atoms with Crippen molar-refractivity contribution in [3.8, 4) is 0 Å². The Morgan fingerprint density at radius 3 is 2.18 bits per heavy atom. The van der Waals surface area contributed by atoms with Crippen molar-refractivity contribution < 1.29 is 13.2 Å². The van der Waals surface area contributed by atoms with Crippen LogP contribution in [-0.4, -0.2) is 16.0 Å². The van der Waals surface area contributed by atoms with E-state index in [1.807, 2.05) is 0 Å². The van der Waals surface area contributed by atoms with Crippen molar-refractivity contribution in [2.75, 3.05) is 0 Å². The predicted molar refractivity (Wildman–Crippen MR) is 64.7 cm³/mol. The lowest BCUT2D eigenvalue weighted by molar-refractivity contribution is -0.183. The molecule has 0 aliphatic heterocycles. The first-order valence-electron chi connectivity index (χ1n) is 5.35. The molecule has 0 bridgehead atoms. The Morgan fingerprint density at radius 1 is 1.18 bits per heavy atom. The lowest BCUT2D eigenvalue weighted by Gasteiger charge is -2.30. The SMILES string of the molecule is FC(F)(F)C1CCC(n2nc(Br)cc2Br)CC1. The molecule has 96 valence electrons. The van der Waals surface area contributed by atoms with Crippen LogP contribution in [0.3, 0.4) is 0 Å². The summed E-state index contributed by atoms with van der Waals surface area (Å²) in [5.74, 6) is -1.14. The molecule has 2 nitrogen and oxygen atoms in total. The van der Waals surface area contributed by atoms with Gasteiger partial charge >= 0.3 is 6.18 Å². The summed E-state index contributed by atoms with van der Waals surface area (Å²) in [6.45, 7) is 0. The minimum atomic E-state index is -4.05. The lowest BCUT2D eigenvalue weighted by atomic mass is 9.86. The molecule has 1 fully saturated rings. The highest BCUT2D eigenvalue weighted by molar-refractivity contribution is 9.11. The van der Waals surface area contributed by atoms with E-state index in [4.69, 9.17) is 0 Å². The van der Waals surface area contributed by atoms with E-state index in [1.54, 1.807) is 10.7 Å². The van der Waals surface area contributed by atoms with Gasteiger partial charge in [0.05, 0.1) is 12.0 Å². The molecule has 1 aromatic heterocycles. The van der Waals surface area contributed by atoms with E-state index in [2.05, 4.69) is 37.0 Å². The Morgan fingerprint density at radius 2 is 1.76 bits per heavy atom. The van der Waals surface area contributed by atoms with E-state index in [1.165, 1.54) is 0 Å². The molecule has 0 amide bonds. The number of aromatic nitrogens is 2. The molecule has 0 unspecified atom stereocenters. The number of hydrogen-bond donors (Lipinski definition) is 0. The van der Waals surface area contributed by atoms with Gasteiger partial charge in [-0.2, -0.15) is 18.3 Å². The van der Waals surface area contributed by atoms with Gasteiger partial charge in [0.2, 0.25) is 0 Å². The monoisotopic (exact) mass is 374 g/mol. The van der Waals surface area contributed by atoms with Crippen molar-refractivity contribution in [2.45, 2.75) is 37.9 Å². The van der Waals surface area contributed by atoms with Gasteiger partial charge in [-0.3, -0.25) is 4.68 Å². The second-order valence-corrected chi connectivity index (χ2v) is 5.91. The van der Waals surface area contributed by atoms with Crippen molar-refractivity contribution in [1.29, 1.82) is 0 Å². The smallest absolute Gasteiger partial charge is 0.254 e. The largest absolute Gasteiger partial charge is 0.391 e. The van der Waals surface area contributed by atoms with Gasteiger partial charge in [0.1, 0.15) is 9.21 Å². The summed E-state index contributed by atoms with van der Waals surface area (Å²) < 4.78 is 40.8. The molecular formula is C10H11Br2F3N2. The summed E-state index contributed by atoms with van der Waals surface area (Å²) in [5, 5.41) is 4.23. The van der Waals surface area contributed by atoms with E-state index in [0.717, 1.165) is 4.60 Å². The van der Waals surface area contributed by atoms with Crippen LogP contribution >= 0.6 is 31.9 Å². The Kier molecular flexibility index (Phi) is 3.87.